The van der Waals surface area contributed by atoms with Crippen molar-refractivity contribution in [2.45, 2.75) is 25.2 Å². The van der Waals surface area contributed by atoms with E-state index in [1.165, 1.54) is 24.3 Å². The Labute approximate surface area is 159 Å². The van der Waals surface area contributed by atoms with Gasteiger partial charge in [-0.05, 0) is 62.2 Å². The maximum absolute atomic E-state index is 12.3. The molecule has 7 nitrogen and oxygen atoms in total. The number of sulfonamides is 1. The van der Waals surface area contributed by atoms with Crippen LogP contribution in [0, 0.1) is 0 Å². The van der Waals surface area contributed by atoms with E-state index in [2.05, 4.69) is 4.72 Å². The van der Waals surface area contributed by atoms with Crippen LogP contribution in [0.2, 0.25) is 0 Å². The van der Waals surface area contributed by atoms with Gasteiger partial charge >= 0.3 is 5.97 Å². The number of carboxylic acid groups (broad SMARTS) is 1. The second kappa shape index (κ2) is 9.38. The molecule has 0 radical (unpaired) electrons. The Bertz CT molecular complexity index is 878. The van der Waals surface area contributed by atoms with Crippen molar-refractivity contribution >= 4 is 16.0 Å². The van der Waals surface area contributed by atoms with Gasteiger partial charge in [0.25, 0.3) is 0 Å². The van der Waals surface area contributed by atoms with Gasteiger partial charge in [0, 0.05) is 6.54 Å². The summed E-state index contributed by atoms with van der Waals surface area (Å²) in [5.74, 6) is 0.179. The molecule has 0 heterocycles. The molecule has 0 spiro atoms. The molecule has 8 heteroatoms. The number of hydrogen-bond donors (Lipinski definition) is 2. The molecule has 0 aliphatic carbocycles. The van der Waals surface area contributed by atoms with E-state index >= 15 is 0 Å². The molecule has 146 valence electrons. The van der Waals surface area contributed by atoms with E-state index in [9.17, 15) is 13.2 Å². The summed E-state index contributed by atoms with van der Waals surface area (Å²) in [4.78, 5) is 10.9. The van der Waals surface area contributed by atoms with Crippen molar-refractivity contribution in [3.05, 3.63) is 53.6 Å². The Hall–Kier alpha value is -2.58. The lowest BCUT2D eigenvalue weighted by atomic mass is 10.1. The first-order valence-electron chi connectivity index (χ1n) is 8.59. The van der Waals surface area contributed by atoms with Crippen molar-refractivity contribution < 1.29 is 27.8 Å². The first kappa shape index (κ1) is 20.7. The average Bonchev–Trinajstić information content (AvgIpc) is 2.64. The standard InChI is InChI=1S/C19H23NO6S/c1-3-25-17-10-5-14(13-18(17)26-4-2)11-12-20-27(23,24)16-8-6-15(7-9-16)19(21)22/h5-10,13,20H,3-4,11-12H2,1-2H3,(H,21,22). The van der Waals surface area contributed by atoms with E-state index in [4.69, 9.17) is 14.6 Å². The number of ether oxygens (including phenoxy) is 2. The summed E-state index contributed by atoms with van der Waals surface area (Å²) < 4.78 is 38.2. The second-order valence-electron chi connectivity index (χ2n) is 5.62. The molecule has 0 amide bonds. The monoisotopic (exact) mass is 393 g/mol. The van der Waals surface area contributed by atoms with Crippen LogP contribution in [0.3, 0.4) is 0 Å². The van der Waals surface area contributed by atoms with Crippen molar-refractivity contribution in [2.75, 3.05) is 19.8 Å². The Morgan fingerprint density at radius 2 is 1.63 bits per heavy atom. The minimum Gasteiger partial charge on any atom is -0.490 e. The number of rotatable bonds is 10. The lowest BCUT2D eigenvalue weighted by molar-refractivity contribution is 0.0696. The third-order valence-electron chi connectivity index (χ3n) is 3.73. The number of carboxylic acids is 1. The predicted molar refractivity (Wildman–Crippen MR) is 101 cm³/mol. The molecule has 2 aromatic carbocycles. The quantitative estimate of drug-likeness (QED) is 0.643. The van der Waals surface area contributed by atoms with Crippen LogP contribution in [0.4, 0.5) is 0 Å². The van der Waals surface area contributed by atoms with Gasteiger partial charge in [0.1, 0.15) is 0 Å². The topological polar surface area (TPSA) is 102 Å². The molecule has 0 aromatic heterocycles. The largest absolute Gasteiger partial charge is 0.490 e. The van der Waals surface area contributed by atoms with Crippen molar-refractivity contribution in [3.8, 4) is 11.5 Å². The number of aromatic carboxylic acids is 1. The maximum atomic E-state index is 12.3. The first-order valence-corrected chi connectivity index (χ1v) is 10.1. The molecule has 0 unspecified atom stereocenters. The lowest BCUT2D eigenvalue weighted by Crippen LogP contribution is -2.26. The third-order valence-corrected chi connectivity index (χ3v) is 5.20. The highest BCUT2D eigenvalue weighted by atomic mass is 32.2. The van der Waals surface area contributed by atoms with Gasteiger partial charge in [0.15, 0.2) is 11.5 Å². The van der Waals surface area contributed by atoms with Gasteiger partial charge in [-0.2, -0.15) is 0 Å². The highest BCUT2D eigenvalue weighted by molar-refractivity contribution is 7.89. The van der Waals surface area contributed by atoms with Gasteiger partial charge in [0.05, 0.1) is 23.7 Å². The molecule has 0 aliphatic rings. The zero-order valence-corrected chi connectivity index (χ0v) is 16.1. The van der Waals surface area contributed by atoms with Gasteiger partial charge in [-0.25, -0.2) is 17.9 Å². The normalized spacial score (nSPS) is 11.2. The van der Waals surface area contributed by atoms with E-state index in [1.807, 2.05) is 32.0 Å². The summed E-state index contributed by atoms with van der Waals surface area (Å²) in [5, 5.41) is 8.88. The molecule has 0 atom stereocenters. The molecule has 2 N–H and O–H groups in total. The van der Waals surface area contributed by atoms with Crippen molar-refractivity contribution in [1.82, 2.24) is 4.72 Å². The van der Waals surface area contributed by atoms with Gasteiger partial charge in [0.2, 0.25) is 10.0 Å². The Morgan fingerprint density at radius 3 is 2.22 bits per heavy atom. The van der Waals surface area contributed by atoms with Crippen LogP contribution < -0.4 is 14.2 Å². The zero-order chi connectivity index (χ0) is 19.9. The molecular weight excluding hydrogens is 370 g/mol. The van der Waals surface area contributed by atoms with E-state index in [0.29, 0.717) is 31.1 Å². The minimum absolute atomic E-state index is 0.0224. The molecule has 2 aromatic rings. The highest BCUT2D eigenvalue weighted by Gasteiger charge is 2.14. The smallest absolute Gasteiger partial charge is 0.335 e. The van der Waals surface area contributed by atoms with Crippen LogP contribution in [0.5, 0.6) is 11.5 Å². The minimum atomic E-state index is -3.71. The van der Waals surface area contributed by atoms with Gasteiger partial charge in [-0.3, -0.25) is 0 Å². The highest BCUT2D eigenvalue weighted by Crippen LogP contribution is 2.28. The van der Waals surface area contributed by atoms with Crippen LogP contribution in [0.15, 0.2) is 47.4 Å². The number of benzene rings is 2. The number of nitrogens with one attached hydrogen (secondary N) is 1. The van der Waals surface area contributed by atoms with Gasteiger partial charge in [-0.1, -0.05) is 6.07 Å². The molecule has 0 saturated carbocycles. The van der Waals surface area contributed by atoms with E-state index in [0.717, 1.165) is 5.56 Å². The van der Waals surface area contributed by atoms with Gasteiger partial charge in [-0.15, -0.1) is 0 Å². The summed E-state index contributed by atoms with van der Waals surface area (Å²) in [6.45, 7) is 5.00. The van der Waals surface area contributed by atoms with Crippen molar-refractivity contribution in [3.63, 3.8) is 0 Å². The fraction of sp³-hybridized carbons (Fsp3) is 0.316. The number of carbonyl (C=O) groups is 1. The summed E-state index contributed by atoms with van der Waals surface area (Å²) >= 11 is 0. The van der Waals surface area contributed by atoms with E-state index in [1.54, 1.807) is 0 Å². The Balaban J connectivity index is 2.02. The van der Waals surface area contributed by atoms with Crippen LogP contribution in [-0.4, -0.2) is 39.3 Å². The zero-order valence-electron chi connectivity index (χ0n) is 15.3. The van der Waals surface area contributed by atoms with Crippen LogP contribution >= 0.6 is 0 Å². The molecule has 0 saturated heterocycles. The third kappa shape index (κ3) is 5.70. The molecule has 2 rings (SSSR count). The summed E-state index contributed by atoms with van der Waals surface area (Å²) in [6, 6.07) is 10.6. The maximum Gasteiger partial charge on any atom is 0.335 e. The molecule has 0 bridgehead atoms. The summed E-state index contributed by atoms with van der Waals surface area (Å²) in [6.07, 6.45) is 0.471. The van der Waals surface area contributed by atoms with Gasteiger partial charge < -0.3 is 14.6 Å². The molecule has 0 aliphatic heterocycles. The van der Waals surface area contributed by atoms with Crippen molar-refractivity contribution in [1.29, 1.82) is 0 Å². The van der Waals surface area contributed by atoms with Crippen molar-refractivity contribution in [2.24, 2.45) is 0 Å². The fourth-order valence-corrected chi connectivity index (χ4v) is 3.47. The fourth-order valence-electron chi connectivity index (χ4n) is 2.44. The van der Waals surface area contributed by atoms with Crippen LogP contribution in [-0.2, 0) is 16.4 Å². The average molecular weight is 393 g/mol. The summed E-state index contributed by atoms with van der Waals surface area (Å²) in [5.41, 5.74) is 0.942. The Morgan fingerprint density at radius 1 is 1.00 bits per heavy atom. The van der Waals surface area contributed by atoms with Crippen LogP contribution in [0.25, 0.3) is 0 Å². The molecule has 27 heavy (non-hydrogen) atoms. The first-order chi connectivity index (χ1) is 12.9. The van der Waals surface area contributed by atoms with E-state index < -0.39 is 16.0 Å². The van der Waals surface area contributed by atoms with E-state index in [-0.39, 0.29) is 17.0 Å². The summed E-state index contributed by atoms with van der Waals surface area (Å²) in [7, 11) is -3.71. The van der Waals surface area contributed by atoms with Crippen LogP contribution in [0.1, 0.15) is 29.8 Å². The lowest BCUT2D eigenvalue weighted by Gasteiger charge is -2.13. The number of hydrogen-bond acceptors (Lipinski definition) is 5. The predicted octanol–water partition coefficient (Wildman–Crippen LogP) is 2.70. The molecule has 0 fully saturated rings. The molecular formula is C19H23NO6S. The Kier molecular flexibility index (Phi) is 7.20. The SMILES string of the molecule is CCOc1ccc(CCNS(=O)(=O)c2ccc(C(=O)O)cc2)cc1OCC. The second-order valence-corrected chi connectivity index (χ2v) is 7.39.